The van der Waals surface area contributed by atoms with Gasteiger partial charge in [0.15, 0.2) is 5.13 Å². The molecule has 164 valence electrons. The molecule has 2 N–H and O–H groups in total. The predicted molar refractivity (Wildman–Crippen MR) is 131 cm³/mol. The van der Waals surface area contributed by atoms with Gasteiger partial charge in [0.25, 0.3) is 10.0 Å². The Kier molecular flexibility index (Phi) is 5.77. The fourth-order valence-corrected chi connectivity index (χ4v) is 5.50. The third-order valence-corrected chi connectivity index (χ3v) is 7.44. The highest BCUT2D eigenvalue weighted by Gasteiger charge is 2.20. The molecule has 0 fully saturated rings. The van der Waals surface area contributed by atoms with Crippen LogP contribution in [0, 0.1) is 0 Å². The third kappa shape index (κ3) is 4.57. The molecule has 0 aliphatic carbocycles. The van der Waals surface area contributed by atoms with Crippen molar-refractivity contribution in [2.24, 2.45) is 0 Å². The molecule has 0 aliphatic rings. The summed E-state index contributed by atoms with van der Waals surface area (Å²) in [5.41, 5.74) is 4.08. The van der Waals surface area contributed by atoms with Gasteiger partial charge in [0, 0.05) is 29.0 Å². The highest BCUT2D eigenvalue weighted by Crippen LogP contribution is 2.32. The van der Waals surface area contributed by atoms with Gasteiger partial charge in [0.2, 0.25) is 0 Å². The second kappa shape index (κ2) is 9.01. The molecule has 5 rings (SSSR count). The number of hydrogen-bond acceptors (Lipinski definition) is 5. The summed E-state index contributed by atoms with van der Waals surface area (Å²) in [6, 6.07) is 27.2. The molecule has 0 saturated carbocycles. The van der Waals surface area contributed by atoms with Crippen molar-refractivity contribution in [2.75, 3.05) is 4.72 Å². The molecule has 33 heavy (non-hydrogen) atoms. The third-order valence-electron chi connectivity index (χ3n) is 5.26. The number of anilines is 1. The van der Waals surface area contributed by atoms with Crippen LogP contribution in [0.2, 0.25) is 0 Å². The van der Waals surface area contributed by atoms with Crippen molar-refractivity contribution in [3.8, 4) is 11.4 Å². The highest BCUT2D eigenvalue weighted by molar-refractivity contribution is 7.93. The van der Waals surface area contributed by atoms with E-state index in [0.29, 0.717) is 11.0 Å². The quantitative estimate of drug-likeness (QED) is 0.327. The van der Waals surface area contributed by atoms with Gasteiger partial charge in [0.1, 0.15) is 5.82 Å². The number of imidazole rings is 1. The van der Waals surface area contributed by atoms with Crippen molar-refractivity contribution in [1.29, 1.82) is 0 Å². The first-order valence-corrected chi connectivity index (χ1v) is 12.6. The average Bonchev–Trinajstić information content (AvgIpc) is 3.53. The second-order valence-electron chi connectivity index (χ2n) is 7.41. The molecule has 5 aromatic rings. The fourth-order valence-electron chi connectivity index (χ4n) is 3.71. The zero-order chi connectivity index (χ0) is 22.7. The van der Waals surface area contributed by atoms with Crippen LogP contribution in [0.25, 0.3) is 11.4 Å². The van der Waals surface area contributed by atoms with Crippen LogP contribution in [0.15, 0.2) is 108 Å². The molecular weight excluding hydrogens is 452 g/mol. The van der Waals surface area contributed by atoms with Gasteiger partial charge in [-0.3, -0.25) is 4.72 Å². The van der Waals surface area contributed by atoms with E-state index in [2.05, 4.69) is 43.9 Å². The van der Waals surface area contributed by atoms with Crippen molar-refractivity contribution in [1.82, 2.24) is 15.0 Å². The summed E-state index contributed by atoms with van der Waals surface area (Å²) in [5.74, 6) is 0.689. The van der Waals surface area contributed by atoms with Gasteiger partial charge >= 0.3 is 0 Å². The van der Waals surface area contributed by atoms with Crippen LogP contribution in [0.5, 0.6) is 0 Å². The monoisotopic (exact) mass is 472 g/mol. The highest BCUT2D eigenvalue weighted by atomic mass is 32.2. The molecule has 0 spiro atoms. The first kappa shape index (κ1) is 21.1. The summed E-state index contributed by atoms with van der Waals surface area (Å²) < 4.78 is 27.7. The van der Waals surface area contributed by atoms with Crippen molar-refractivity contribution in [2.45, 2.75) is 10.8 Å². The molecular formula is C25H20N4O2S2. The van der Waals surface area contributed by atoms with E-state index in [0.717, 1.165) is 22.4 Å². The maximum atomic E-state index is 12.6. The minimum absolute atomic E-state index is 0.01000. The van der Waals surface area contributed by atoms with E-state index in [-0.39, 0.29) is 10.8 Å². The number of aromatic amines is 1. The van der Waals surface area contributed by atoms with Gasteiger partial charge in [-0.25, -0.2) is 18.4 Å². The van der Waals surface area contributed by atoms with E-state index in [9.17, 15) is 8.42 Å². The molecule has 0 amide bonds. The second-order valence-corrected chi connectivity index (χ2v) is 9.99. The first-order valence-electron chi connectivity index (χ1n) is 10.3. The Morgan fingerprint density at radius 2 is 1.45 bits per heavy atom. The van der Waals surface area contributed by atoms with E-state index in [1.165, 1.54) is 11.3 Å². The van der Waals surface area contributed by atoms with Gasteiger partial charge in [-0.15, -0.1) is 11.3 Å². The number of rotatable bonds is 7. The molecule has 8 heteroatoms. The number of benzene rings is 3. The van der Waals surface area contributed by atoms with Gasteiger partial charge < -0.3 is 4.98 Å². The number of hydrogen-bond donors (Lipinski definition) is 2. The van der Waals surface area contributed by atoms with Crippen LogP contribution < -0.4 is 4.72 Å². The zero-order valence-corrected chi connectivity index (χ0v) is 19.1. The molecule has 3 aromatic carbocycles. The normalized spacial score (nSPS) is 11.5. The first-order chi connectivity index (χ1) is 16.1. The Hall–Kier alpha value is -3.75. The Labute approximate surface area is 196 Å². The molecule has 0 bridgehead atoms. The largest absolute Gasteiger partial charge is 0.341 e. The van der Waals surface area contributed by atoms with Gasteiger partial charge in [-0.05, 0) is 35.4 Å². The number of nitrogens with one attached hydrogen (secondary N) is 2. The van der Waals surface area contributed by atoms with Gasteiger partial charge in [0.05, 0.1) is 10.8 Å². The van der Waals surface area contributed by atoms with E-state index in [1.807, 2.05) is 42.6 Å². The van der Waals surface area contributed by atoms with E-state index >= 15 is 0 Å². The summed E-state index contributed by atoms with van der Waals surface area (Å²) >= 11 is 1.23. The zero-order valence-electron chi connectivity index (χ0n) is 17.4. The number of H-pyrrole nitrogens is 1. The molecule has 0 saturated heterocycles. The van der Waals surface area contributed by atoms with Crippen molar-refractivity contribution in [3.05, 3.63) is 120 Å². The average molecular weight is 473 g/mol. The van der Waals surface area contributed by atoms with E-state index in [1.54, 1.807) is 35.8 Å². The van der Waals surface area contributed by atoms with Crippen molar-refractivity contribution < 1.29 is 8.42 Å². The van der Waals surface area contributed by atoms with Crippen LogP contribution >= 0.6 is 11.3 Å². The summed E-state index contributed by atoms with van der Waals surface area (Å²) in [4.78, 5) is 12.2. The van der Waals surface area contributed by atoms with Crippen LogP contribution in [-0.4, -0.2) is 23.4 Å². The Morgan fingerprint density at radius 3 is 2.03 bits per heavy atom. The Morgan fingerprint density at radius 1 is 0.818 bits per heavy atom. The molecule has 0 radical (unpaired) electrons. The van der Waals surface area contributed by atoms with E-state index < -0.39 is 10.0 Å². The standard InChI is InChI=1S/C25H20N4O2S2/c30-33(31,29-25-26-15-16-32-25)21-13-11-20(12-14-21)24-27-17-22(28-24)23(18-7-3-1-4-8-18)19-9-5-2-6-10-19/h1-17,23H,(H,26,29)(H,27,28). The Bertz CT molecular complexity index is 1390. The van der Waals surface area contributed by atoms with Gasteiger partial charge in [-0.1, -0.05) is 60.7 Å². The minimum atomic E-state index is -3.70. The van der Waals surface area contributed by atoms with Crippen LogP contribution in [-0.2, 0) is 10.0 Å². The van der Waals surface area contributed by atoms with Crippen molar-refractivity contribution in [3.63, 3.8) is 0 Å². The molecule has 6 nitrogen and oxygen atoms in total. The number of thiazole rings is 1. The van der Waals surface area contributed by atoms with Crippen molar-refractivity contribution >= 4 is 26.5 Å². The molecule has 2 aromatic heterocycles. The summed E-state index contributed by atoms with van der Waals surface area (Å²) in [6.07, 6.45) is 3.40. The van der Waals surface area contributed by atoms with Crippen LogP contribution in [0.4, 0.5) is 5.13 Å². The Balaban J connectivity index is 1.44. The number of sulfonamides is 1. The fraction of sp³-hybridized carbons (Fsp3) is 0.0400. The maximum Gasteiger partial charge on any atom is 0.263 e. The van der Waals surface area contributed by atoms with Gasteiger partial charge in [-0.2, -0.15) is 0 Å². The molecule has 0 aliphatic heterocycles. The smallest absolute Gasteiger partial charge is 0.263 e. The summed E-state index contributed by atoms with van der Waals surface area (Å²) in [5, 5.41) is 2.05. The summed E-state index contributed by atoms with van der Waals surface area (Å²) in [6.45, 7) is 0. The molecule has 0 unspecified atom stereocenters. The topological polar surface area (TPSA) is 87.7 Å². The van der Waals surface area contributed by atoms with Crippen LogP contribution in [0.3, 0.4) is 0 Å². The van der Waals surface area contributed by atoms with E-state index in [4.69, 9.17) is 0 Å². The SMILES string of the molecule is O=S(=O)(Nc1nccs1)c1ccc(-c2ncc(C(c3ccccc3)c3ccccc3)[nH]2)cc1. The summed E-state index contributed by atoms with van der Waals surface area (Å²) in [7, 11) is -3.70. The lowest BCUT2D eigenvalue weighted by atomic mass is 9.89. The lowest BCUT2D eigenvalue weighted by Gasteiger charge is -2.16. The molecule has 2 heterocycles. The maximum absolute atomic E-state index is 12.6. The molecule has 0 atom stereocenters. The number of nitrogens with zero attached hydrogens (tertiary/aromatic N) is 2. The lowest BCUT2D eigenvalue weighted by molar-refractivity contribution is 0.601. The lowest BCUT2D eigenvalue weighted by Crippen LogP contribution is -2.12. The number of aromatic nitrogens is 3. The minimum Gasteiger partial charge on any atom is -0.341 e. The predicted octanol–water partition coefficient (Wildman–Crippen LogP) is 5.51. The van der Waals surface area contributed by atoms with Crippen LogP contribution in [0.1, 0.15) is 22.7 Å².